The lowest BCUT2D eigenvalue weighted by Gasteiger charge is -2.30. The van der Waals surface area contributed by atoms with Gasteiger partial charge in [-0.15, -0.1) is 0 Å². The molecule has 3 heterocycles. The molecular weight excluding hydrogens is 180 g/mol. The summed E-state index contributed by atoms with van der Waals surface area (Å²) < 4.78 is 5.53. The van der Waals surface area contributed by atoms with Gasteiger partial charge in [0.25, 0.3) is 0 Å². The molecule has 0 bridgehead atoms. The van der Waals surface area contributed by atoms with Crippen molar-refractivity contribution in [1.29, 1.82) is 0 Å². The molecule has 4 nitrogen and oxygen atoms in total. The third kappa shape index (κ3) is 0.937. The third-order valence-corrected chi connectivity index (χ3v) is 2.74. The topological polar surface area (TPSA) is 42.4 Å². The van der Waals surface area contributed by atoms with Crippen LogP contribution in [-0.2, 0) is 4.79 Å². The van der Waals surface area contributed by atoms with Crippen LogP contribution in [-0.4, -0.2) is 23.5 Å². The van der Waals surface area contributed by atoms with Crippen LogP contribution < -0.4 is 9.64 Å². The summed E-state index contributed by atoms with van der Waals surface area (Å²) in [5.41, 5.74) is 0. The number of hydrogen-bond donors (Lipinski definition) is 0. The number of anilines is 1. The molecule has 1 aromatic rings. The molecule has 1 amide bonds. The van der Waals surface area contributed by atoms with Gasteiger partial charge in [-0.2, -0.15) is 0 Å². The summed E-state index contributed by atoms with van der Waals surface area (Å²) in [6.07, 6.45) is 3.19. The van der Waals surface area contributed by atoms with Gasteiger partial charge in [0.05, 0.1) is 6.04 Å². The molecule has 14 heavy (non-hydrogen) atoms. The highest BCUT2D eigenvalue weighted by Gasteiger charge is 2.38. The molecule has 0 N–H and O–H groups in total. The summed E-state index contributed by atoms with van der Waals surface area (Å²) in [4.78, 5) is 17.6. The van der Waals surface area contributed by atoms with Crippen molar-refractivity contribution in [3.05, 3.63) is 18.3 Å². The highest BCUT2D eigenvalue weighted by atomic mass is 16.5. The molecular formula is C10H10N2O2. The molecule has 3 rings (SSSR count). The number of pyridine rings is 1. The Morgan fingerprint density at radius 3 is 3.43 bits per heavy atom. The molecule has 2 aliphatic heterocycles. The van der Waals surface area contributed by atoms with Gasteiger partial charge in [-0.1, -0.05) is 0 Å². The highest BCUT2D eigenvalue weighted by Crippen LogP contribution is 2.36. The first-order valence-corrected chi connectivity index (χ1v) is 4.76. The molecule has 4 heteroatoms. The summed E-state index contributed by atoms with van der Waals surface area (Å²) in [6.45, 7) is 0.602. The van der Waals surface area contributed by atoms with Gasteiger partial charge in [0.1, 0.15) is 6.61 Å². The zero-order chi connectivity index (χ0) is 9.54. The van der Waals surface area contributed by atoms with Crippen molar-refractivity contribution in [2.24, 2.45) is 0 Å². The second kappa shape index (κ2) is 2.70. The third-order valence-electron chi connectivity index (χ3n) is 2.74. The zero-order valence-electron chi connectivity index (χ0n) is 7.64. The molecule has 0 radical (unpaired) electrons. The van der Waals surface area contributed by atoms with Gasteiger partial charge in [0.15, 0.2) is 11.6 Å². The van der Waals surface area contributed by atoms with E-state index in [0.29, 0.717) is 18.8 Å². The molecule has 72 valence electrons. The van der Waals surface area contributed by atoms with Crippen molar-refractivity contribution >= 4 is 11.7 Å². The Kier molecular flexibility index (Phi) is 1.50. The minimum absolute atomic E-state index is 0.165. The van der Waals surface area contributed by atoms with Crippen molar-refractivity contribution in [3.63, 3.8) is 0 Å². The summed E-state index contributed by atoms with van der Waals surface area (Å²) in [5.74, 6) is 1.57. The van der Waals surface area contributed by atoms with Crippen LogP contribution in [0.2, 0.25) is 0 Å². The number of carbonyl (C=O) groups is 1. The van der Waals surface area contributed by atoms with E-state index in [1.54, 1.807) is 11.1 Å². The summed E-state index contributed by atoms with van der Waals surface area (Å²) >= 11 is 0. The lowest BCUT2D eigenvalue weighted by atomic mass is 10.2. The fraction of sp³-hybridized carbons (Fsp3) is 0.400. The van der Waals surface area contributed by atoms with Crippen LogP contribution in [0.15, 0.2) is 18.3 Å². The van der Waals surface area contributed by atoms with Crippen molar-refractivity contribution in [1.82, 2.24) is 4.98 Å². The van der Waals surface area contributed by atoms with Gasteiger partial charge in [0.2, 0.25) is 5.91 Å². The average Bonchev–Trinajstić information content (AvgIpc) is 2.61. The first kappa shape index (κ1) is 7.79. The van der Waals surface area contributed by atoms with Gasteiger partial charge < -0.3 is 4.74 Å². The molecule has 1 fully saturated rings. The fourth-order valence-corrected chi connectivity index (χ4v) is 2.05. The Balaban J connectivity index is 2.11. The quantitative estimate of drug-likeness (QED) is 0.612. The van der Waals surface area contributed by atoms with Gasteiger partial charge in [-0.05, 0) is 18.6 Å². The van der Waals surface area contributed by atoms with E-state index in [-0.39, 0.29) is 11.9 Å². The van der Waals surface area contributed by atoms with E-state index in [0.717, 1.165) is 12.2 Å². The van der Waals surface area contributed by atoms with Crippen molar-refractivity contribution in [2.75, 3.05) is 11.5 Å². The predicted octanol–water partition coefficient (Wildman–Crippen LogP) is 0.969. The smallest absolute Gasteiger partial charge is 0.228 e. The van der Waals surface area contributed by atoms with E-state index in [4.69, 9.17) is 4.74 Å². The van der Waals surface area contributed by atoms with Gasteiger partial charge in [-0.3, -0.25) is 9.69 Å². The van der Waals surface area contributed by atoms with Crippen LogP contribution in [0, 0.1) is 0 Å². The van der Waals surface area contributed by atoms with Crippen LogP contribution in [0.25, 0.3) is 0 Å². The van der Waals surface area contributed by atoms with Crippen molar-refractivity contribution in [2.45, 2.75) is 18.9 Å². The van der Waals surface area contributed by atoms with Gasteiger partial charge in [0, 0.05) is 12.6 Å². The Morgan fingerprint density at radius 2 is 2.50 bits per heavy atom. The van der Waals surface area contributed by atoms with E-state index in [1.807, 2.05) is 12.1 Å². The minimum Gasteiger partial charge on any atom is -0.488 e. The summed E-state index contributed by atoms with van der Waals surface area (Å²) in [6, 6.07) is 3.87. The van der Waals surface area contributed by atoms with Crippen LogP contribution in [0.4, 0.5) is 5.82 Å². The molecule has 0 saturated carbocycles. The number of hydrogen-bond acceptors (Lipinski definition) is 3. The van der Waals surface area contributed by atoms with E-state index in [1.165, 1.54) is 0 Å². The second-order valence-corrected chi connectivity index (χ2v) is 3.59. The molecule has 1 atom stereocenters. The van der Waals surface area contributed by atoms with E-state index in [2.05, 4.69) is 4.98 Å². The lowest BCUT2D eigenvalue weighted by Crippen LogP contribution is -2.41. The van der Waals surface area contributed by atoms with Crippen molar-refractivity contribution in [3.8, 4) is 5.75 Å². The van der Waals surface area contributed by atoms with Crippen molar-refractivity contribution < 1.29 is 9.53 Å². The maximum absolute atomic E-state index is 11.6. The summed E-state index contributed by atoms with van der Waals surface area (Å²) in [5, 5.41) is 0. The first-order valence-electron chi connectivity index (χ1n) is 4.76. The summed E-state index contributed by atoms with van der Waals surface area (Å²) in [7, 11) is 0. The number of amides is 1. The van der Waals surface area contributed by atoms with Crippen LogP contribution in [0.1, 0.15) is 12.8 Å². The Labute approximate surface area is 81.5 Å². The van der Waals surface area contributed by atoms with Gasteiger partial charge >= 0.3 is 0 Å². The van der Waals surface area contributed by atoms with E-state index < -0.39 is 0 Å². The second-order valence-electron chi connectivity index (χ2n) is 3.59. The zero-order valence-corrected chi connectivity index (χ0v) is 7.64. The largest absolute Gasteiger partial charge is 0.488 e. The molecule has 0 spiro atoms. The molecule has 1 unspecified atom stereocenters. The Hall–Kier alpha value is -1.58. The van der Waals surface area contributed by atoms with Crippen LogP contribution in [0.3, 0.4) is 0 Å². The SMILES string of the molecule is O=C1CCC2COc3cccnc3N12. The molecule has 1 aromatic heterocycles. The standard InChI is InChI=1S/C10H10N2O2/c13-9-4-3-7-6-14-8-2-1-5-11-10(8)12(7)9/h1-2,5,7H,3-4,6H2. The number of ether oxygens (including phenoxy) is 1. The molecule has 0 aromatic carbocycles. The lowest BCUT2D eigenvalue weighted by molar-refractivity contribution is -0.117. The van der Waals surface area contributed by atoms with Gasteiger partial charge in [-0.25, -0.2) is 4.98 Å². The van der Waals surface area contributed by atoms with Crippen LogP contribution >= 0.6 is 0 Å². The number of carbonyl (C=O) groups excluding carboxylic acids is 1. The monoisotopic (exact) mass is 190 g/mol. The molecule has 2 aliphatic rings. The molecule has 0 aliphatic carbocycles. The minimum atomic E-state index is 0.165. The number of rotatable bonds is 0. The number of aromatic nitrogens is 1. The number of nitrogens with zero attached hydrogens (tertiary/aromatic N) is 2. The fourth-order valence-electron chi connectivity index (χ4n) is 2.05. The van der Waals surface area contributed by atoms with E-state index >= 15 is 0 Å². The normalized spacial score (nSPS) is 24.1. The first-order chi connectivity index (χ1) is 6.86. The predicted molar refractivity (Wildman–Crippen MR) is 50.2 cm³/mol. The van der Waals surface area contributed by atoms with Crippen LogP contribution in [0.5, 0.6) is 5.75 Å². The number of fused-ring (bicyclic) bond motifs is 3. The average molecular weight is 190 g/mol. The Morgan fingerprint density at radius 1 is 1.57 bits per heavy atom. The maximum Gasteiger partial charge on any atom is 0.228 e. The highest BCUT2D eigenvalue weighted by molar-refractivity contribution is 5.96. The maximum atomic E-state index is 11.6. The Bertz CT molecular complexity index is 391. The molecule has 1 saturated heterocycles. The van der Waals surface area contributed by atoms with E-state index in [9.17, 15) is 4.79 Å².